The number of halogens is 1. The Hall–Kier alpha value is -2.49. The fourth-order valence-corrected chi connectivity index (χ4v) is 2.07. The van der Waals surface area contributed by atoms with E-state index in [0.29, 0.717) is 12.3 Å². The van der Waals surface area contributed by atoms with Crippen molar-refractivity contribution in [2.24, 2.45) is 0 Å². The van der Waals surface area contributed by atoms with Gasteiger partial charge in [0.1, 0.15) is 6.61 Å². The molecule has 0 saturated carbocycles. The Bertz CT molecular complexity index is 721. The highest BCUT2D eigenvalue weighted by Crippen LogP contribution is 2.25. The number of H-pyrrole nitrogens is 1. The monoisotopic (exact) mass is 256 g/mol. The van der Waals surface area contributed by atoms with Crippen molar-refractivity contribution in [1.29, 1.82) is 0 Å². The van der Waals surface area contributed by atoms with Gasteiger partial charge in [0.05, 0.1) is 11.2 Å². The van der Waals surface area contributed by atoms with Gasteiger partial charge in [0, 0.05) is 17.1 Å². The summed E-state index contributed by atoms with van der Waals surface area (Å²) in [5.74, 6) is -0.109. The van der Waals surface area contributed by atoms with Crippen molar-refractivity contribution in [2.75, 3.05) is 5.73 Å². The Labute approximate surface area is 109 Å². The van der Waals surface area contributed by atoms with Gasteiger partial charge in [-0.3, -0.25) is 0 Å². The van der Waals surface area contributed by atoms with E-state index in [1.807, 2.05) is 24.4 Å². The molecule has 0 atom stereocenters. The number of aromatic amines is 1. The summed E-state index contributed by atoms with van der Waals surface area (Å²) < 4.78 is 18.9. The Morgan fingerprint density at radius 3 is 2.79 bits per heavy atom. The van der Waals surface area contributed by atoms with E-state index in [0.717, 1.165) is 16.5 Å². The van der Waals surface area contributed by atoms with Gasteiger partial charge in [-0.15, -0.1) is 0 Å². The zero-order chi connectivity index (χ0) is 13.2. The summed E-state index contributed by atoms with van der Waals surface area (Å²) >= 11 is 0. The number of aromatic nitrogens is 1. The lowest BCUT2D eigenvalue weighted by Crippen LogP contribution is -1.96. The Morgan fingerprint density at radius 1 is 1.11 bits per heavy atom. The van der Waals surface area contributed by atoms with Crippen LogP contribution in [0, 0.1) is 5.82 Å². The smallest absolute Gasteiger partial charge is 0.165 e. The normalized spacial score (nSPS) is 10.8. The number of ether oxygens (including phenoxy) is 1. The molecule has 0 unspecified atom stereocenters. The lowest BCUT2D eigenvalue weighted by Gasteiger charge is -2.06. The van der Waals surface area contributed by atoms with Gasteiger partial charge in [-0.2, -0.15) is 0 Å². The lowest BCUT2D eigenvalue weighted by atomic mass is 10.1. The van der Waals surface area contributed by atoms with E-state index in [2.05, 4.69) is 4.98 Å². The topological polar surface area (TPSA) is 51.0 Å². The SMILES string of the molecule is Nc1cccc2c(COc3ccccc3F)c[nH]c12. The van der Waals surface area contributed by atoms with Gasteiger partial charge in [0.2, 0.25) is 0 Å². The van der Waals surface area contributed by atoms with Crippen LogP contribution in [0.4, 0.5) is 10.1 Å². The highest BCUT2D eigenvalue weighted by atomic mass is 19.1. The van der Waals surface area contributed by atoms with Crippen LogP contribution in [0.1, 0.15) is 5.56 Å². The van der Waals surface area contributed by atoms with Crippen molar-refractivity contribution in [1.82, 2.24) is 4.98 Å². The van der Waals surface area contributed by atoms with Crippen molar-refractivity contribution in [3.8, 4) is 5.75 Å². The largest absolute Gasteiger partial charge is 0.486 e. The number of anilines is 1. The van der Waals surface area contributed by atoms with Gasteiger partial charge >= 0.3 is 0 Å². The van der Waals surface area contributed by atoms with Crippen LogP contribution in [0.3, 0.4) is 0 Å². The van der Waals surface area contributed by atoms with Gasteiger partial charge in [-0.1, -0.05) is 24.3 Å². The first kappa shape index (κ1) is 11.6. The van der Waals surface area contributed by atoms with E-state index in [4.69, 9.17) is 10.5 Å². The maximum absolute atomic E-state index is 13.4. The van der Waals surface area contributed by atoms with Gasteiger partial charge in [-0.25, -0.2) is 4.39 Å². The fraction of sp³-hybridized carbons (Fsp3) is 0.0667. The fourth-order valence-electron chi connectivity index (χ4n) is 2.07. The molecule has 96 valence electrons. The van der Waals surface area contributed by atoms with Crippen molar-refractivity contribution in [3.05, 3.63) is 60.0 Å². The molecule has 3 N–H and O–H groups in total. The van der Waals surface area contributed by atoms with Crippen LogP contribution in [0.2, 0.25) is 0 Å². The molecule has 1 heterocycles. The number of nitrogens with two attached hydrogens (primary N) is 1. The molecule has 0 aliphatic rings. The van der Waals surface area contributed by atoms with Crippen molar-refractivity contribution in [2.45, 2.75) is 6.61 Å². The van der Waals surface area contributed by atoms with Crippen molar-refractivity contribution >= 4 is 16.6 Å². The average molecular weight is 256 g/mol. The molecule has 4 heteroatoms. The van der Waals surface area contributed by atoms with E-state index in [-0.39, 0.29) is 11.6 Å². The summed E-state index contributed by atoms with van der Waals surface area (Å²) in [6.45, 7) is 0.296. The standard InChI is InChI=1S/C15H13FN2O/c16-12-5-1-2-7-14(12)19-9-10-8-18-15-11(10)4-3-6-13(15)17/h1-8,18H,9,17H2. The lowest BCUT2D eigenvalue weighted by molar-refractivity contribution is 0.291. The van der Waals surface area contributed by atoms with Gasteiger partial charge in [0.25, 0.3) is 0 Å². The molecule has 0 aliphatic carbocycles. The molecule has 3 nitrogen and oxygen atoms in total. The van der Waals surface area contributed by atoms with E-state index in [1.165, 1.54) is 6.07 Å². The second-order valence-corrected chi connectivity index (χ2v) is 4.30. The predicted octanol–water partition coefficient (Wildman–Crippen LogP) is 3.47. The molecule has 0 radical (unpaired) electrons. The third-order valence-corrected chi connectivity index (χ3v) is 3.05. The maximum Gasteiger partial charge on any atom is 0.165 e. The summed E-state index contributed by atoms with van der Waals surface area (Å²) in [6, 6.07) is 12.0. The predicted molar refractivity (Wildman–Crippen MR) is 73.4 cm³/mol. The van der Waals surface area contributed by atoms with Gasteiger partial charge in [0.15, 0.2) is 11.6 Å². The number of benzene rings is 2. The van der Waals surface area contributed by atoms with Crippen LogP contribution in [0.15, 0.2) is 48.7 Å². The quantitative estimate of drug-likeness (QED) is 0.705. The molecule has 1 aromatic heterocycles. The minimum absolute atomic E-state index is 0.251. The Balaban J connectivity index is 1.87. The summed E-state index contributed by atoms with van der Waals surface area (Å²) in [6.07, 6.45) is 1.84. The van der Waals surface area contributed by atoms with Crippen LogP contribution in [-0.4, -0.2) is 4.98 Å². The Kier molecular flexibility index (Phi) is 2.83. The summed E-state index contributed by atoms with van der Waals surface area (Å²) in [5.41, 5.74) is 8.39. The van der Waals surface area contributed by atoms with E-state index < -0.39 is 0 Å². The van der Waals surface area contributed by atoms with Crippen LogP contribution >= 0.6 is 0 Å². The molecule has 0 spiro atoms. The van der Waals surface area contributed by atoms with Crippen LogP contribution in [0.25, 0.3) is 10.9 Å². The molecule has 0 bridgehead atoms. The first-order chi connectivity index (χ1) is 9.25. The molecule has 2 aromatic carbocycles. The maximum atomic E-state index is 13.4. The first-order valence-corrected chi connectivity index (χ1v) is 5.97. The first-order valence-electron chi connectivity index (χ1n) is 5.97. The molecule has 0 aliphatic heterocycles. The van der Waals surface area contributed by atoms with Crippen LogP contribution < -0.4 is 10.5 Å². The van der Waals surface area contributed by atoms with Gasteiger partial charge < -0.3 is 15.5 Å². The van der Waals surface area contributed by atoms with Gasteiger partial charge in [-0.05, 0) is 18.2 Å². The molecular formula is C15H13FN2O. The summed E-state index contributed by atoms with van der Waals surface area (Å²) in [5, 5.41) is 0.997. The minimum Gasteiger partial charge on any atom is -0.486 e. The molecule has 3 rings (SSSR count). The number of para-hydroxylation sites is 2. The van der Waals surface area contributed by atoms with Crippen molar-refractivity contribution in [3.63, 3.8) is 0 Å². The Morgan fingerprint density at radius 2 is 1.95 bits per heavy atom. The van der Waals surface area contributed by atoms with Crippen molar-refractivity contribution < 1.29 is 9.13 Å². The highest BCUT2D eigenvalue weighted by molar-refractivity contribution is 5.92. The molecule has 0 fully saturated rings. The molecule has 0 amide bonds. The number of nitrogen functional groups attached to an aromatic ring is 1. The average Bonchev–Trinajstić information content (AvgIpc) is 2.83. The second kappa shape index (κ2) is 4.65. The summed E-state index contributed by atoms with van der Waals surface area (Å²) in [7, 11) is 0. The number of rotatable bonds is 3. The third kappa shape index (κ3) is 2.12. The highest BCUT2D eigenvalue weighted by Gasteiger charge is 2.07. The van der Waals surface area contributed by atoms with E-state index >= 15 is 0 Å². The summed E-state index contributed by atoms with van der Waals surface area (Å²) in [4.78, 5) is 3.11. The molecule has 0 saturated heterocycles. The van der Waals surface area contributed by atoms with Crippen LogP contribution in [-0.2, 0) is 6.61 Å². The van der Waals surface area contributed by atoms with E-state index in [9.17, 15) is 4.39 Å². The number of nitrogens with one attached hydrogen (secondary N) is 1. The zero-order valence-electron chi connectivity index (χ0n) is 10.2. The van der Waals surface area contributed by atoms with E-state index in [1.54, 1.807) is 18.2 Å². The molecular weight excluding hydrogens is 243 g/mol. The molecule has 19 heavy (non-hydrogen) atoms. The third-order valence-electron chi connectivity index (χ3n) is 3.05. The minimum atomic E-state index is -0.359. The number of hydrogen-bond acceptors (Lipinski definition) is 2. The zero-order valence-corrected chi connectivity index (χ0v) is 10.2. The molecule has 3 aromatic rings. The second-order valence-electron chi connectivity index (χ2n) is 4.30. The number of fused-ring (bicyclic) bond motifs is 1. The van der Waals surface area contributed by atoms with Crippen LogP contribution in [0.5, 0.6) is 5.75 Å². The number of hydrogen-bond donors (Lipinski definition) is 2.